The van der Waals surface area contributed by atoms with Crippen LogP contribution in [0.5, 0.6) is 0 Å². The lowest BCUT2D eigenvalue weighted by molar-refractivity contribution is -0.132. The fourth-order valence-corrected chi connectivity index (χ4v) is 0.607. The summed E-state index contributed by atoms with van der Waals surface area (Å²) in [5, 5.41) is 8.46. The normalized spacial score (nSPS) is 10.1. The third kappa shape index (κ3) is 10.2. The van der Waals surface area contributed by atoms with E-state index in [-0.39, 0.29) is 17.1 Å². The highest BCUT2D eigenvalue weighted by Gasteiger charge is 2.05. The van der Waals surface area contributed by atoms with Gasteiger partial charge in [0.25, 0.3) is 0 Å². The molecule has 0 aromatic carbocycles. The van der Waals surface area contributed by atoms with E-state index in [9.17, 15) is 14.4 Å². The lowest BCUT2D eigenvalue weighted by Crippen LogP contribution is -1.99. The summed E-state index contributed by atoms with van der Waals surface area (Å²) in [6.45, 7) is 6.19. The van der Waals surface area contributed by atoms with Crippen molar-refractivity contribution >= 4 is 17.8 Å². The van der Waals surface area contributed by atoms with Crippen LogP contribution in [0.15, 0.2) is 16.3 Å². The van der Waals surface area contributed by atoms with Gasteiger partial charge in [0, 0.05) is 0 Å². The van der Waals surface area contributed by atoms with Crippen LogP contribution in [-0.2, 0) is 14.4 Å². The molecule has 0 aromatic heterocycles. The van der Waals surface area contributed by atoms with Crippen LogP contribution in [0.25, 0.3) is 0 Å². The Morgan fingerprint density at radius 1 is 1.27 bits per heavy atom. The molecule has 0 spiro atoms. The fraction of sp³-hybridized carbons (Fsp3) is 0.500. The van der Waals surface area contributed by atoms with E-state index in [2.05, 4.69) is 4.99 Å². The first kappa shape index (κ1) is 15.7. The molecule has 0 aromatic rings. The first-order chi connectivity index (χ1) is 6.86. The second-order valence-corrected chi connectivity index (χ2v) is 2.84. The van der Waals surface area contributed by atoms with Gasteiger partial charge in [-0.1, -0.05) is 6.92 Å². The molecule has 15 heavy (non-hydrogen) atoms. The average molecular weight is 213 g/mol. The smallest absolute Gasteiger partial charge is 0.333 e. The molecule has 0 atom stereocenters. The van der Waals surface area contributed by atoms with Gasteiger partial charge in [0.2, 0.25) is 6.08 Å². The molecule has 84 valence electrons. The van der Waals surface area contributed by atoms with Gasteiger partial charge in [-0.15, -0.1) is 0 Å². The van der Waals surface area contributed by atoms with Crippen molar-refractivity contribution in [1.82, 2.24) is 0 Å². The molecule has 0 aliphatic rings. The average Bonchev–Trinajstić information content (AvgIpc) is 2.12. The molecule has 0 aliphatic carbocycles. The van der Waals surface area contributed by atoms with Crippen molar-refractivity contribution in [1.29, 1.82) is 0 Å². The van der Waals surface area contributed by atoms with Crippen LogP contribution in [-0.4, -0.2) is 22.9 Å². The van der Waals surface area contributed by atoms with Crippen LogP contribution in [0.3, 0.4) is 0 Å². The van der Waals surface area contributed by atoms with E-state index < -0.39 is 5.97 Å². The number of allylic oxidation sites excluding steroid dienone is 1. The number of carbonyl (C=O) groups excluding carboxylic acids is 2. The number of aliphatic imine (C=N–C) groups is 1. The number of nitrogens with zero attached hydrogens (tertiary/aromatic N) is 1. The van der Waals surface area contributed by atoms with E-state index in [1.807, 2.05) is 0 Å². The number of carboxylic acids is 1. The van der Waals surface area contributed by atoms with Crippen molar-refractivity contribution in [3.63, 3.8) is 0 Å². The number of Topliss-reactive ketones (excluding diaryl/α,β-unsaturated/α-hetero) is 1. The van der Waals surface area contributed by atoms with Gasteiger partial charge >= 0.3 is 5.97 Å². The van der Waals surface area contributed by atoms with Gasteiger partial charge < -0.3 is 9.90 Å². The van der Waals surface area contributed by atoms with E-state index in [1.165, 1.54) is 26.9 Å². The minimum atomic E-state index is -1.05. The van der Waals surface area contributed by atoms with Gasteiger partial charge in [0.05, 0.1) is 11.3 Å². The Labute approximate surface area is 88.5 Å². The summed E-state index contributed by atoms with van der Waals surface area (Å²) in [7, 11) is 0. The predicted octanol–water partition coefficient (Wildman–Crippen LogP) is 1.69. The highest BCUT2D eigenvalue weighted by Crippen LogP contribution is 2.08. The van der Waals surface area contributed by atoms with E-state index in [0.717, 1.165) is 0 Å². The molecule has 0 amide bonds. The van der Waals surface area contributed by atoms with Gasteiger partial charge in [-0.05, 0) is 27.2 Å². The maximum absolute atomic E-state index is 10.3. The third-order valence-electron chi connectivity index (χ3n) is 1.27. The van der Waals surface area contributed by atoms with Gasteiger partial charge in [-0.3, -0.25) is 0 Å². The molecule has 0 rings (SSSR count). The number of carboxylic acid groups (broad SMARTS) is 1. The van der Waals surface area contributed by atoms with Crippen molar-refractivity contribution in [2.24, 2.45) is 4.99 Å². The quantitative estimate of drug-likeness (QED) is 0.439. The number of hydrogen-bond acceptors (Lipinski definition) is 4. The van der Waals surface area contributed by atoms with Crippen molar-refractivity contribution < 1.29 is 19.5 Å². The van der Waals surface area contributed by atoms with Crippen LogP contribution in [0.1, 0.15) is 34.1 Å². The Morgan fingerprint density at radius 3 is 1.87 bits per heavy atom. The van der Waals surface area contributed by atoms with Crippen LogP contribution in [0.2, 0.25) is 0 Å². The monoisotopic (exact) mass is 213 g/mol. The molecule has 0 bridgehead atoms. The molecule has 0 heterocycles. The van der Waals surface area contributed by atoms with Gasteiger partial charge in [0.1, 0.15) is 5.78 Å². The zero-order valence-electron chi connectivity index (χ0n) is 9.33. The molecule has 0 saturated heterocycles. The van der Waals surface area contributed by atoms with Crippen LogP contribution in [0.4, 0.5) is 0 Å². The number of isocyanates is 1. The molecule has 5 nitrogen and oxygen atoms in total. The Bertz CT molecular complexity index is 307. The molecule has 0 fully saturated rings. The zero-order valence-corrected chi connectivity index (χ0v) is 9.33. The highest BCUT2D eigenvalue weighted by molar-refractivity contribution is 5.86. The molecule has 0 unspecified atom stereocenters. The summed E-state index contributed by atoms with van der Waals surface area (Å²) >= 11 is 0. The van der Waals surface area contributed by atoms with Crippen LogP contribution in [0, 0.1) is 0 Å². The third-order valence-corrected chi connectivity index (χ3v) is 1.27. The van der Waals surface area contributed by atoms with Gasteiger partial charge in [-0.2, -0.15) is 4.99 Å². The number of hydrogen-bond donors (Lipinski definition) is 1. The molecular weight excluding hydrogens is 198 g/mol. The van der Waals surface area contributed by atoms with Gasteiger partial charge in [0.15, 0.2) is 0 Å². The molecule has 0 aliphatic heterocycles. The van der Waals surface area contributed by atoms with E-state index >= 15 is 0 Å². The Hall–Kier alpha value is -1.74. The van der Waals surface area contributed by atoms with Crippen molar-refractivity contribution in [3.05, 3.63) is 11.3 Å². The summed E-state index contributed by atoms with van der Waals surface area (Å²) in [6, 6.07) is 0. The largest absolute Gasteiger partial charge is 0.478 e. The number of ketones is 1. The number of aliphatic carboxylic acids is 1. The second kappa shape index (κ2) is 8.84. The van der Waals surface area contributed by atoms with Crippen molar-refractivity contribution in [2.45, 2.75) is 34.1 Å². The maximum Gasteiger partial charge on any atom is 0.333 e. The molecular formula is C10H15NO4. The fourth-order valence-electron chi connectivity index (χ4n) is 0.607. The van der Waals surface area contributed by atoms with E-state index in [0.29, 0.717) is 6.42 Å². The Kier molecular flexibility index (Phi) is 9.26. The lowest BCUT2D eigenvalue weighted by Gasteiger charge is -1.96. The number of carbonyl (C=O) groups is 2. The standard InChI is InChI=1S/C7H9NO3.C3H6O/c1-3-6(8-4-9)5(2)7(10)11;1-3(2)4/h3H2,1-2H3,(H,10,11);1-2H3. The van der Waals surface area contributed by atoms with Gasteiger partial charge in [-0.25, -0.2) is 9.59 Å². The first-order valence-corrected chi connectivity index (χ1v) is 4.34. The zero-order chi connectivity index (χ0) is 12.4. The summed E-state index contributed by atoms with van der Waals surface area (Å²) in [5.74, 6) is -0.888. The minimum absolute atomic E-state index is 0.0934. The minimum Gasteiger partial charge on any atom is -0.478 e. The molecule has 0 saturated carbocycles. The van der Waals surface area contributed by atoms with Crippen molar-refractivity contribution in [2.75, 3.05) is 0 Å². The molecule has 0 radical (unpaired) electrons. The Balaban J connectivity index is 0. The summed E-state index contributed by atoms with van der Waals surface area (Å²) in [4.78, 5) is 32.8. The molecule has 1 N–H and O–H groups in total. The van der Waals surface area contributed by atoms with Crippen LogP contribution >= 0.6 is 0 Å². The highest BCUT2D eigenvalue weighted by atomic mass is 16.4. The predicted molar refractivity (Wildman–Crippen MR) is 55.1 cm³/mol. The topological polar surface area (TPSA) is 83.8 Å². The lowest BCUT2D eigenvalue weighted by atomic mass is 10.2. The number of rotatable bonds is 3. The summed E-state index contributed by atoms with van der Waals surface area (Å²) in [5.41, 5.74) is 0.364. The first-order valence-electron chi connectivity index (χ1n) is 4.34. The van der Waals surface area contributed by atoms with Crippen LogP contribution < -0.4 is 0 Å². The summed E-state index contributed by atoms with van der Waals surface area (Å²) in [6.07, 6.45) is 1.73. The maximum atomic E-state index is 10.3. The molecule has 5 heteroatoms. The SMILES string of the molecule is CC(C)=O.CCC(N=C=O)=C(C)C(=O)O. The summed E-state index contributed by atoms with van der Waals surface area (Å²) < 4.78 is 0. The van der Waals surface area contributed by atoms with E-state index in [1.54, 1.807) is 6.92 Å². The Morgan fingerprint density at radius 2 is 1.67 bits per heavy atom. The van der Waals surface area contributed by atoms with E-state index in [4.69, 9.17) is 5.11 Å². The van der Waals surface area contributed by atoms with Crippen molar-refractivity contribution in [3.8, 4) is 0 Å². The second-order valence-electron chi connectivity index (χ2n) is 2.84.